The van der Waals surface area contributed by atoms with Gasteiger partial charge in [-0.1, -0.05) is 0 Å². The summed E-state index contributed by atoms with van der Waals surface area (Å²) in [5, 5.41) is 30.6. The van der Waals surface area contributed by atoms with E-state index in [9.17, 15) is 25.0 Å². The van der Waals surface area contributed by atoms with Gasteiger partial charge in [0.2, 0.25) is 0 Å². The number of carbonyl (C=O) groups is 1. The molecule has 9 heteroatoms. The lowest BCUT2D eigenvalue weighted by atomic mass is 10.1. The van der Waals surface area contributed by atoms with Crippen LogP contribution in [0.1, 0.15) is 15.9 Å². The molecule has 0 atom stereocenters. The van der Waals surface area contributed by atoms with Crippen LogP contribution in [0.3, 0.4) is 0 Å². The number of benzene rings is 1. The number of nitro benzene ring substituents is 2. The minimum atomic E-state index is -1.52. The second kappa shape index (κ2) is 5.78. The molecule has 20 heavy (non-hydrogen) atoms. The highest BCUT2D eigenvalue weighted by Crippen LogP contribution is 2.30. The van der Waals surface area contributed by atoms with Gasteiger partial charge in [0.05, 0.1) is 21.5 Å². The molecule has 0 aliphatic heterocycles. The number of carboxylic acids is 1. The van der Waals surface area contributed by atoms with E-state index in [1.165, 1.54) is 12.3 Å². The van der Waals surface area contributed by atoms with Crippen molar-refractivity contribution in [3.63, 3.8) is 0 Å². The maximum Gasteiger partial charge on any atom is 0.342 e. The number of aromatic carboxylic acids is 1. The molecule has 0 aliphatic rings. The van der Waals surface area contributed by atoms with Gasteiger partial charge >= 0.3 is 5.97 Å². The summed E-state index contributed by atoms with van der Waals surface area (Å²) < 4.78 is 0. The lowest BCUT2D eigenvalue weighted by Gasteiger charge is -2.05. The minimum Gasteiger partial charge on any atom is -0.477 e. The number of rotatable bonds is 5. The van der Waals surface area contributed by atoms with Crippen molar-refractivity contribution in [1.82, 2.24) is 4.90 Å². The predicted molar refractivity (Wildman–Crippen MR) is 69.4 cm³/mol. The van der Waals surface area contributed by atoms with Crippen LogP contribution in [0.15, 0.2) is 18.3 Å². The highest BCUT2D eigenvalue weighted by atomic mass is 16.6. The first-order valence-electron chi connectivity index (χ1n) is 5.28. The summed E-state index contributed by atoms with van der Waals surface area (Å²) in [6, 6.07) is 1.57. The first kappa shape index (κ1) is 15.1. The Hall–Kier alpha value is -2.97. The van der Waals surface area contributed by atoms with Gasteiger partial charge in [-0.2, -0.15) is 0 Å². The van der Waals surface area contributed by atoms with Crippen LogP contribution < -0.4 is 0 Å². The Morgan fingerprint density at radius 2 is 1.75 bits per heavy atom. The van der Waals surface area contributed by atoms with Crippen LogP contribution in [0.25, 0.3) is 6.08 Å². The van der Waals surface area contributed by atoms with E-state index in [0.717, 1.165) is 6.07 Å². The summed E-state index contributed by atoms with van der Waals surface area (Å²) in [5.74, 6) is -1.52. The van der Waals surface area contributed by atoms with Crippen LogP contribution >= 0.6 is 0 Å². The standard InChI is InChI=1S/C11H11N3O6/c1-12(2)4-3-7-5-8(11(15)16)10(14(19)20)6-9(7)13(17)18/h3-6H,1-2H3,(H,15,16). The van der Waals surface area contributed by atoms with Crippen molar-refractivity contribution in [2.45, 2.75) is 0 Å². The molecular weight excluding hydrogens is 270 g/mol. The van der Waals surface area contributed by atoms with Gasteiger partial charge in [0.1, 0.15) is 5.56 Å². The summed E-state index contributed by atoms with van der Waals surface area (Å²) in [7, 11) is 3.34. The van der Waals surface area contributed by atoms with Gasteiger partial charge in [-0.15, -0.1) is 0 Å². The molecule has 1 N–H and O–H groups in total. The molecule has 1 aromatic carbocycles. The van der Waals surface area contributed by atoms with E-state index >= 15 is 0 Å². The summed E-state index contributed by atoms with van der Waals surface area (Å²) in [4.78, 5) is 32.5. The quantitative estimate of drug-likeness (QED) is 0.643. The zero-order chi connectivity index (χ0) is 15.4. The molecule has 9 nitrogen and oxygen atoms in total. The lowest BCUT2D eigenvalue weighted by Crippen LogP contribution is -2.06. The Labute approximate surface area is 113 Å². The molecule has 0 aromatic heterocycles. The molecule has 0 amide bonds. The van der Waals surface area contributed by atoms with E-state index in [0.29, 0.717) is 6.07 Å². The van der Waals surface area contributed by atoms with Gasteiger partial charge in [-0.3, -0.25) is 20.2 Å². The van der Waals surface area contributed by atoms with E-state index in [1.807, 2.05) is 0 Å². The molecule has 0 unspecified atom stereocenters. The Morgan fingerprint density at radius 1 is 1.20 bits per heavy atom. The molecule has 1 aromatic rings. The zero-order valence-electron chi connectivity index (χ0n) is 10.6. The smallest absolute Gasteiger partial charge is 0.342 e. The Kier molecular flexibility index (Phi) is 4.36. The maximum absolute atomic E-state index is 11.0. The average Bonchev–Trinajstić information content (AvgIpc) is 2.34. The van der Waals surface area contributed by atoms with E-state index in [1.54, 1.807) is 19.0 Å². The molecule has 0 spiro atoms. The fraction of sp³-hybridized carbons (Fsp3) is 0.182. The van der Waals surface area contributed by atoms with Crippen LogP contribution in [0.5, 0.6) is 0 Å². The number of carboxylic acid groups (broad SMARTS) is 1. The van der Waals surface area contributed by atoms with Crippen molar-refractivity contribution in [2.24, 2.45) is 0 Å². The maximum atomic E-state index is 11.0. The van der Waals surface area contributed by atoms with Crippen molar-refractivity contribution in [2.75, 3.05) is 14.1 Å². The molecule has 0 heterocycles. The fourth-order valence-electron chi connectivity index (χ4n) is 1.44. The summed E-state index contributed by atoms with van der Waals surface area (Å²) in [6.07, 6.45) is 2.79. The van der Waals surface area contributed by atoms with E-state index in [2.05, 4.69) is 0 Å². The van der Waals surface area contributed by atoms with Crippen molar-refractivity contribution in [3.8, 4) is 0 Å². The summed E-state index contributed by atoms with van der Waals surface area (Å²) in [5.41, 5.74) is -1.96. The van der Waals surface area contributed by atoms with Crippen LogP contribution in [0.2, 0.25) is 0 Å². The lowest BCUT2D eigenvalue weighted by molar-refractivity contribution is -0.394. The Bertz CT molecular complexity index is 608. The first-order chi connectivity index (χ1) is 9.23. The third kappa shape index (κ3) is 3.28. The molecule has 0 aliphatic carbocycles. The van der Waals surface area contributed by atoms with Crippen LogP contribution in [-0.2, 0) is 0 Å². The zero-order valence-corrected chi connectivity index (χ0v) is 10.6. The number of nitrogens with zero attached hydrogens (tertiary/aromatic N) is 3. The molecule has 0 bridgehead atoms. The van der Waals surface area contributed by atoms with Gasteiger partial charge in [0, 0.05) is 14.1 Å². The van der Waals surface area contributed by atoms with Gasteiger partial charge in [-0.05, 0) is 18.3 Å². The van der Waals surface area contributed by atoms with Crippen LogP contribution in [0.4, 0.5) is 11.4 Å². The average molecular weight is 281 g/mol. The molecule has 0 saturated heterocycles. The predicted octanol–water partition coefficient (Wildman–Crippen LogP) is 1.73. The topological polar surface area (TPSA) is 127 Å². The Morgan fingerprint density at radius 3 is 2.15 bits per heavy atom. The molecule has 0 fully saturated rings. The Balaban J connectivity index is 3.57. The van der Waals surface area contributed by atoms with Crippen molar-refractivity contribution in [3.05, 3.63) is 49.7 Å². The molecule has 0 saturated carbocycles. The minimum absolute atomic E-state index is 0.0216. The normalized spacial score (nSPS) is 10.5. The largest absolute Gasteiger partial charge is 0.477 e. The van der Waals surface area contributed by atoms with E-state index < -0.39 is 32.8 Å². The molecular formula is C11H11N3O6. The molecule has 106 valence electrons. The number of nitro groups is 2. The number of hydrogen-bond acceptors (Lipinski definition) is 6. The SMILES string of the molecule is CN(C)C=Cc1cc(C(=O)O)c([N+](=O)[O-])cc1[N+](=O)[O-]. The summed E-state index contributed by atoms with van der Waals surface area (Å²) >= 11 is 0. The number of hydrogen-bond donors (Lipinski definition) is 1. The van der Waals surface area contributed by atoms with Crippen LogP contribution in [0, 0.1) is 20.2 Å². The second-order valence-electron chi connectivity index (χ2n) is 4.03. The van der Waals surface area contributed by atoms with E-state index in [4.69, 9.17) is 5.11 Å². The van der Waals surface area contributed by atoms with Gasteiger partial charge in [-0.25, -0.2) is 4.79 Å². The molecule has 1 rings (SSSR count). The second-order valence-corrected chi connectivity index (χ2v) is 4.03. The van der Waals surface area contributed by atoms with Crippen LogP contribution in [-0.4, -0.2) is 39.9 Å². The third-order valence-electron chi connectivity index (χ3n) is 2.32. The third-order valence-corrected chi connectivity index (χ3v) is 2.32. The van der Waals surface area contributed by atoms with Crippen molar-refractivity contribution in [1.29, 1.82) is 0 Å². The molecule has 0 radical (unpaired) electrons. The summed E-state index contributed by atoms with van der Waals surface area (Å²) in [6.45, 7) is 0. The van der Waals surface area contributed by atoms with Gasteiger partial charge in [0.25, 0.3) is 11.4 Å². The first-order valence-corrected chi connectivity index (χ1v) is 5.28. The highest BCUT2D eigenvalue weighted by molar-refractivity contribution is 5.94. The van der Waals surface area contributed by atoms with Gasteiger partial charge in [0.15, 0.2) is 0 Å². The van der Waals surface area contributed by atoms with Crippen molar-refractivity contribution < 1.29 is 19.7 Å². The monoisotopic (exact) mass is 281 g/mol. The van der Waals surface area contributed by atoms with Crippen molar-refractivity contribution >= 4 is 23.4 Å². The fourth-order valence-corrected chi connectivity index (χ4v) is 1.44. The van der Waals surface area contributed by atoms with E-state index in [-0.39, 0.29) is 5.56 Å². The highest BCUT2D eigenvalue weighted by Gasteiger charge is 2.26. The van der Waals surface area contributed by atoms with Gasteiger partial charge < -0.3 is 10.0 Å².